The Morgan fingerprint density at radius 1 is 1.41 bits per heavy atom. The first-order valence-electron chi connectivity index (χ1n) is 5.66. The smallest absolute Gasteiger partial charge is 0.271 e. The van der Waals surface area contributed by atoms with Crippen molar-refractivity contribution in [3.8, 4) is 0 Å². The van der Waals surface area contributed by atoms with Crippen LogP contribution in [-0.2, 0) is 0 Å². The van der Waals surface area contributed by atoms with Crippen molar-refractivity contribution in [1.29, 1.82) is 0 Å². The number of hydrogen-bond donors (Lipinski definition) is 2. The van der Waals surface area contributed by atoms with E-state index < -0.39 is 0 Å². The van der Waals surface area contributed by atoms with Gasteiger partial charge in [0.05, 0.1) is 4.92 Å². The molecule has 94 valence electrons. The maximum absolute atomic E-state index is 10.7. The van der Waals surface area contributed by atoms with Gasteiger partial charge in [0, 0.05) is 30.4 Å². The molecule has 5 heteroatoms. The van der Waals surface area contributed by atoms with Crippen molar-refractivity contribution < 1.29 is 4.92 Å². The maximum Gasteiger partial charge on any atom is 0.271 e. The fraction of sp³-hybridized carbons (Fsp3) is 0.500. The monoisotopic (exact) mass is 237 g/mol. The second-order valence-corrected chi connectivity index (χ2v) is 4.54. The first kappa shape index (κ1) is 13.4. The van der Waals surface area contributed by atoms with Gasteiger partial charge in [-0.05, 0) is 24.5 Å². The van der Waals surface area contributed by atoms with E-state index in [0.717, 1.165) is 11.3 Å². The van der Waals surface area contributed by atoms with E-state index >= 15 is 0 Å². The van der Waals surface area contributed by atoms with Crippen LogP contribution < -0.4 is 11.1 Å². The molecular weight excluding hydrogens is 218 g/mol. The van der Waals surface area contributed by atoms with Crippen LogP contribution in [0.4, 0.5) is 11.4 Å². The minimum Gasteiger partial charge on any atom is -0.381 e. The maximum atomic E-state index is 10.7. The average molecular weight is 237 g/mol. The summed E-state index contributed by atoms with van der Waals surface area (Å²) in [4.78, 5) is 10.4. The Balaban J connectivity index is 2.94. The van der Waals surface area contributed by atoms with Gasteiger partial charge in [-0.15, -0.1) is 0 Å². The zero-order valence-corrected chi connectivity index (χ0v) is 10.4. The molecule has 1 rings (SSSR count). The van der Waals surface area contributed by atoms with Crippen molar-refractivity contribution in [3.63, 3.8) is 0 Å². The number of hydrogen-bond acceptors (Lipinski definition) is 4. The zero-order valence-electron chi connectivity index (χ0n) is 10.4. The van der Waals surface area contributed by atoms with Crippen LogP contribution in [-0.4, -0.2) is 17.5 Å². The molecule has 0 bridgehead atoms. The standard InChI is InChI=1S/C12H19N3O2/c1-8(2)12(7-13)14-10-4-9(3)5-11(6-10)15(16)17/h4-6,8,12,14H,7,13H2,1-3H3. The van der Waals surface area contributed by atoms with Crippen molar-refractivity contribution in [3.05, 3.63) is 33.9 Å². The van der Waals surface area contributed by atoms with E-state index in [0.29, 0.717) is 12.5 Å². The quantitative estimate of drug-likeness (QED) is 0.608. The molecule has 1 aromatic rings. The molecule has 1 aromatic carbocycles. The lowest BCUT2D eigenvalue weighted by Gasteiger charge is -2.21. The minimum absolute atomic E-state index is 0.104. The number of nitro benzene ring substituents is 1. The fourth-order valence-corrected chi connectivity index (χ4v) is 1.66. The highest BCUT2D eigenvalue weighted by Crippen LogP contribution is 2.21. The van der Waals surface area contributed by atoms with E-state index in [4.69, 9.17) is 5.73 Å². The number of nitro groups is 1. The van der Waals surface area contributed by atoms with Gasteiger partial charge in [0.25, 0.3) is 5.69 Å². The van der Waals surface area contributed by atoms with E-state index in [9.17, 15) is 10.1 Å². The number of aryl methyl sites for hydroxylation is 1. The highest BCUT2D eigenvalue weighted by atomic mass is 16.6. The molecule has 0 aliphatic carbocycles. The molecule has 17 heavy (non-hydrogen) atoms. The Labute approximate surface area is 101 Å². The summed E-state index contributed by atoms with van der Waals surface area (Å²) in [6.07, 6.45) is 0. The molecule has 1 atom stereocenters. The van der Waals surface area contributed by atoms with Crippen LogP contribution in [0.3, 0.4) is 0 Å². The van der Waals surface area contributed by atoms with Gasteiger partial charge in [-0.2, -0.15) is 0 Å². The van der Waals surface area contributed by atoms with Gasteiger partial charge < -0.3 is 11.1 Å². The number of anilines is 1. The summed E-state index contributed by atoms with van der Waals surface area (Å²) < 4.78 is 0. The molecule has 0 saturated heterocycles. The summed E-state index contributed by atoms with van der Waals surface area (Å²) in [5.74, 6) is 0.375. The third kappa shape index (κ3) is 3.71. The van der Waals surface area contributed by atoms with Crippen LogP contribution in [0.2, 0.25) is 0 Å². The Bertz CT molecular complexity index is 405. The molecular formula is C12H19N3O2. The van der Waals surface area contributed by atoms with Gasteiger partial charge in [0.2, 0.25) is 0 Å². The Hall–Kier alpha value is -1.62. The first-order valence-corrected chi connectivity index (χ1v) is 5.66. The first-order chi connectivity index (χ1) is 7.93. The molecule has 0 spiro atoms. The number of benzene rings is 1. The van der Waals surface area contributed by atoms with Crippen LogP contribution in [0, 0.1) is 23.0 Å². The highest BCUT2D eigenvalue weighted by Gasteiger charge is 2.13. The van der Waals surface area contributed by atoms with Crippen molar-refractivity contribution in [1.82, 2.24) is 0 Å². The van der Waals surface area contributed by atoms with Gasteiger partial charge in [-0.25, -0.2) is 0 Å². The molecule has 0 amide bonds. The lowest BCUT2D eigenvalue weighted by molar-refractivity contribution is -0.384. The van der Waals surface area contributed by atoms with Crippen molar-refractivity contribution >= 4 is 11.4 Å². The van der Waals surface area contributed by atoms with Crippen LogP contribution in [0.1, 0.15) is 19.4 Å². The van der Waals surface area contributed by atoms with Gasteiger partial charge >= 0.3 is 0 Å². The Morgan fingerprint density at radius 3 is 2.53 bits per heavy atom. The molecule has 0 aliphatic heterocycles. The lowest BCUT2D eigenvalue weighted by Crippen LogP contribution is -2.33. The van der Waals surface area contributed by atoms with E-state index in [1.54, 1.807) is 6.07 Å². The summed E-state index contributed by atoms with van der Waals surface area (Å²) in [6.45, 7) is 6.47. The predicted molar refractivity (Wildman–Crippen MR) is 69.1 cm³/mol. The number of nitrogens with one attached hydrogen (secondary N) is 1. The van der Waals surface area contributed by atoms with Crippen LogP contribution >= 0.6 is 0 Å². The highest BCUT2D eigenvalue weighted by molar-refractivity contribution is 5.54. The van der Waals surface area contributed by atoms with Crippen molar-refractivity contribution in [2.24, 2.45) is 11.7 Å². The minimum atomic E-state index is -0.384. The molecule has 0 aromatic heterocycles. The van der Waals surface area contributed by atoms with Gasteiger partial charge in [-0.3, -0.25) is 10.1 Å². The normalized spacial score (nSPS) is 12.5. The molecule has 0 radical (unpaired) electrons. The van der Waals surface area contributed by atoms with Crippen LogP contribution in [0.25, 0.3) is 0 Å². The van der Waals surface area contributed by atoms with E-state index in [1.165, 1.54) is 6.07 Å². The largest absolute Gasteiger partial charge is 0.381 e. The topological polar surface area (TPSA) is 81.2 Å². The molecule has 3 N–H and O–H groups in total. The zero-order chi connectivity index (χ0) is 13.0. The SMILES string of the molecule is Cc1cc(NC(CN)C(C)C)cc([N+](=O)[O-])c1. The van der Waals surface area contributed by atoms with Crippen LogP contribution in [0.15, 0.2) is 18.2 Å². The summed E-state index contributed by atoms with van der Waals surface area (Å²) in [6, 6.07) is 5.10. The third-order valence-corrected chi connectivity index (χ3v) is 2.68. The lowest BCUT2D eigenvalue weighted by atomic mass is 10.0. The van der Waals surface area contributed by atoms with E-state index in [-0.39, 0.29) is 16.7 Å². The predicted octanol–water partition coefficient (Wildman–Crippen LogP) is 2.30. The van der Waals surface area contributed by atoms with E-state index in [2.05, 4.69) is 19.2 Å². The summed E-state index contributed by atoms with van der Waals surface area (Å²) >= 11 is 0. The van der Waals surface area contributed by atoms with Crippen LogP contribution in [0.5, 0.6) is 0 Å². The van der Waals surface area contributed by atoms with Gasteiger partial charge in [-0.1, -0.05) is 13.8 Å². The Morgan fingerprint density at radius 2 is 2.06 bits per heavy atom. The van der Waals surface area contributed by atoms with Crippen molar-refractivity contribution in [2.75, 3.05) is 11.9 Å². The molecule has 1 unspecified atom stereocenters. The van der Waals surface area contributed by atoms with Gasteiger partial charge in [0.15, 0.2) is 0 Å². The van der Waals surface area contributed by atoms with Crippen molar-refractivity contribution in [2.45, 2.75) is 26.8 Å². The number of non-ortho nitro benzene ring substituents is 1. The third-order valence-electron chi connectivity index (χ3n) is 2.68. The molecule has 0 heterocycles. The number of nitrogens with two attached hydrogens (primary N) is 1. The average Bonchev–Trinajstić information content (AvgIpc) is 2.24. The summed E-state index contributed by atoms with van der Waals surface area (Å²) in [5, 5.41) is 14.0. The van der Waals surface area contributed by atoms with E-state index in [1.807, 2.05) is 13.0 Å². The number of nitrogens with zero attached hydrogens (tertiary/aromatic N) is 1. The fourth-order valence-electron chi connectivity index (χ4n) is 1.66. The molecule has 0 saturated carbocycles. The van der Waals surface area contributed by atoms with Gasteiger partial charge in [0.1, 0.15) is 0 Å². The summed E-state index contributed by atoms with van der Waals surface area (Å²) in [5.41, 5.74) is 7.38. The number of rotatable bonds is 5. The molecule has 0 fully saturated rings. The Kier molecular flexibility index (Phi) is 4.45. The second kappa shape index (κ2) is 5.63. The molecule has 5 nitrogen and oxygen atoms in total. The summed E-state index contributed by atoms with van der Waals surface area (Å²) in [7, 11) is 0. The molecule has 0 aliphatic rings. The second-order valence-electron chi connectivity index (χ2n) is 4.54.